The standard InChI is InChI=1S/C19H28N6O2/c1-23-10-7-21-19(23)18(27)14-4-8-24(9-5-14)17(26)3-2-15-12-16-13-20-6-11-25(16)22-15/h7,10,12,14,18,20,27H,2-6,8-9,11,13H2,1H3/t18-/m1/s1. The third-order valence-electron chi connectivity index (χ3n) is 5.78. The van der Waals surface area contributed by atoms with Gasteiger partial charge in [0.15, 0.2) is 0 Å². The van der Waals surface area contributed by atoms with Crippen molar-refractivity contribution in [2.24, 2.45) is 13.0 Å². The Morgan fingerprint density at radius 3 is 2.89 bits per heavy atom. The highest BCUT2D eigenvalue weighted by molar-refractivity contribution is 5.76. The zero-order valence-corrected chi connectivity index (χ0v) is 15.8. The third kappa shape index (κ3) is 3.91. The number of rotatable bonds is 5. The second kappa shape index (κ2) is 7.82. The summed E-state index contributed by atoms with van der Waals surface area (Å²) < 4.78 is 3.91. The van der Waals surface area contributed by atoms with Crippen LogP contribution in [0.3, 0.4) is 0 Å². The van der Waals surface area contributed by atoms with Gasteiger partial charge in [0.25, 0.3) is 0 Å². The van der Waals surface area contributed by atoms with Crippen LogP contribution in [0.4, 0.5) is 0 Å². The van der Waals surface area contributed by atoms with Gasteiger partial charge in [0.1, 0.15) is 11.9 Å². The molecule has 1 saturated heterocycles. The first-order valence-electron chi connectivity index (χ1n) is 9.81. The van der Waals surface area contributed by atoms with Crippen molar-refractivity contribution in [3.63, 3.8) is 0 Å². The molecule has 0 aromatic carbocycles. The Labute approximate surface area is 159 Å². The molecule has 2 aliphatic heterocycles. The van der Waals surface area contributed by atoms with Gasteiger partial charge in [-0.3, -0.25) is 9.48 Å². The first kappa shape index (κ1) is 18.2. The number of aromatic nitrogens is 4. The first-order valence-corrected chi connectivity index (χ1v) is 9.81. The van der Waals surface area contributed by atoms with Crippen LogP contribution in [0, 0.1) is 5.92 Å². The van der Waals surface area contributed by atoms with E-state index in [9.17, 15) is 9.90 Å². The topological polar surface area (TPSA) is 88.2 Å². The van der Waals surface area contributed by atoms with E-state index < -0.39 is 6.10 Å². The summed E-state index contributed by atoms with van der Waals surface area (Å²) in [5.41, 5.74) is 2.20. The molecule has 0 saturated carbocycles. The van der Waals surface area contributed by atoms with E-state index in [0.717, 1.165) is 38.2 Å². The number of carbonyl (C=O) groups is 1. The van der Waals surface area contributed by atoms with Crippen molar-refractivity contribution in [1.29, 1.82) is 0 Å². The lowest BCUT2D eigenvalue weighted by atomic mass is 9.90. The lowest BCUT2D eigenvalue weighted by Gasteiger charge is -2.34. The summed E-state index contributed by atoms with van der Waals surface area (Å²) in [7, 11) is 1.90. The maximum absolute atomic E-state index is 12.6. The minimum absolute atomic E-state index is 0.155. The number of carbonyl (C=O) groups excluding carboxylic acids is 1. The number of imidazole rings is 1. The van der Waals surface area contributed by atoms with Crippen LogP contribution in [0.25, 0.3) is 0 Å². The van der Waals surface area contributed by atoms with Crippen molar-refractivity contribution < 1.29 is 9.90 Å². The number of hydrogen-bond donors (Lipinski definition) is 2. The highest BCUT2D eigenvalue weighted by atomic mass is 16.3. The lowest BCUT2D eigenvalue weighted by Crippen LogP contribution is -2.40. The van der Waals surface area contributed by atoms with Crippen molar-refractivity contribution in [2.45, 2.75) is 44.9 Å². The predicted octanol–water partition coefficient (Wildman–Crippen LogP) is 0.625. The molecule has 1 amide bonds. The predicted molar refractivity (Wildman–Crippen MR) is 99.7 cm³/mol. The number of aryl methyl sites for hydroxylation is 2. The van der Waals surface area contributed by atoms with Crippen LogP contribution < -0.4 is 5.32 Å². The number of amides is 1. The molecule has 0 unspecified atom stereocenters. The summed E-state index contributed by atoms with van der Waals surface area (Å²) in [5, 5.41) is 18.5. The molecule has 2 aliphatic rings. The summed E-state index contributed by atoms with van der Waals surface area (Å²) >= 11 is 0. The average Bonchev–Trinajstić information content (AvgIpc) is 3.31. The molecule has 0 bridgehead atoms. The van der Waals surface area contributed by atoms with Crippen LogP contribution in [0.15, 0.2) is 18.5 Å². The zero-order chi connectivity index (χ0) is 18.8. The summed E-state index contributed by atoms with van der Waals surface area (Å²) in [5.74, 6) is 1.05. The Kier molecular flexibility index (Phi) is 5.27. The quantitative estimate of drug-likeness (QED) is 0.804. The molecule has 0 aliphatic carbocycles. The summed E-state index contributed by atoms with van der Waals surface area (Å²) in [6.07, 6.45) is 5.80. The monoisotopic (exact) mass is 372 g/mol. The highest BCUT2D eigenvalue weighted by Crippen LogP contribution is 2.30. The second-order valence-electron chi connectivity index (χ2n) is 7.59. The fourth-order valence-corrected chi connectivity index (χ4v) is 4.11. The van der Waals surface area contributed by atoms with Crippen LogP contribution in [-0.2, 0) is 31.4 Å². The number of nitrogens with zero attached hydrogens (tertiary/aromatic N) is 5. The van der Waals surface area contributed by atoms with Crippen molar-refractivity contribution in [3.05, 3.63) is 35.7 Å². The van der Waals surface area contributed by atoms with Crippen molar-refractivity contribution in [3.8, 4) is 0 Å². The van der Waals surface area contributed by atoms with Gasteiger partial charge in [-0.15, -0.1) is 0 Å². The lowest BCUT2D eigenvalue weighted by molar-refractivity contribution is -0.133. The molecule has 1 fully saturated rings. The zero-order valence-electron chi connectivity index (χ0n) is 15.8. The maximum atomic E-state index is 12.6. The summed E-state index contributed by atoms with van der Waals surface area (Å²) in [6.45, 7) is 4.11. The molecule has 146 valence electrons. The number of aliphatic hydroxyl groups is 1. The van der Waals surface area contributed by atoms with Gasteiger partial charge in [0.05, 0.1) is 17.9 Å². The molecule has 2 aromatic rings. The van der Waals surface area contributed by atoms with Gasteiger partial charge in [-0.2, -0.15) is 5.10 Å². The minimum Gasteiger partial charge on any atom is -0.385 e. The van der Waals surface area contributed by atoms with E-state index in [0.29, 0.717) is 31.8 Å². The van der Waals surface area contributed by atoms with Crippen LogP contribution in [0.2, 0.25) is 0 Å². The number of fused-ring (bicyclic) bond motifs is 1. The van der Waals surface area contributed by atoms with Gasteiger partial charge in [-0.25, -0.2) is 4.98 Å². The van der Waals surface area contributed by atoms with Gasteiger partial charge in [-0.05, 0) is 24.8 Å². The molecule has 1 atom stereocenters. The van der Waals surface area contributed by atoms with E-state index in [4.69, 9.17) is 0 Å². The molecule has 8 nitrogen and oxygen atoms in total. The van der Waals surface area contributed by atoms with Gasteiger partial charge in [-0.1, -0.05) is 0 Å². The third-order valence-corrected chi connectivity index (χ3v) is 5.78. The molecule has 4 rings (SSSR count). The number of aliphatic hydroxyl groups excluding tert-OH is 1. The molecular formula is C19H28N6O2. The van der Waals surface area contributed by atoms with Crippen LogP contribution in [-0.4, -0.2) is 54.9 Å². The number of hydrogen-bond acceptors (Lipinski definition) is 5. The SMILES string of the molecule is Cn1ccnc1[C@H](O)C1CCN(C(=O)CCc2cc3n(n2)CCNC3)CC1. The van der Waals surface area contributed by atoms with Crippen molar-refractivity contribution in [2.75, 3.05) is 19.6 Å². The molecule has 0 radical (unpaired) electrons. The Morgan fingerprint density at radius 1 is 1.37 bits per heavy atom. The van der Waals surface area contributed by atoms with Gasteiger partial charge in [0.2, 0.25) is 5.91 Å². The largest absolute Gasteiger partial charge is 0.385 e. The van der Waals surface area contributed by atoms with E-state index in [1.807, 2.05) is 27.4 Å². The van der Waals surface area contributed by atoms with Crippen LogP contribution >= 0.6 is 0 Å². The first-order chi connectivity index (χ1) is 13.1. The van der Waals surface area contributed by atoms with Crippen molar-refractivity contribution >= 4 is 5.91 Å². The van der Waals surface area contributed by atoms with Gasteiger partial charge < -0.3 is 19.9 Å². The van der Waals surface area contributed by atoms with E-state index in [1.165, 1.54) is 5.69 Å². The van der Waals surface area contributed by atoms with Crippen LogP contribution in [0.1, 0.15) is 42.6 Å². The highest BCUT2D eigenvalue weighted by Gasteiger charge is 2.30. The molecular weight excluding hydrogens is 344 g/mol. The Balaban J connectivity index is 1.26. The van der Waals surface area contributed by atoms with E-state index in [-0.39, 0.29) is 11.8 Å². The Hall–Kier alpha value is -2.19. The molecule has 27 heavy (non-hydrogen) atoms. The molecule has 2 aromatic heterocycles. The summed E-state index contributed by atoms with van der Waals surface area (Å²) in [4.78, 5) is 18.8. The summed E-state index contributed by atoms with van der Waals surface area (Å²) in [6, 6.07) is 2.11. The molecule has 0 spiro atoms. The Bertz CT molecular complexity index is 766. The molecule has 4 heterocycles. The van der Waals surface area contributed by atoms with Crippen molar-refractivity contribution in [1.82, 2.24) is 29.5 Å². The second-order valence-corrected chi connectivity index (χ2v) is 7.59. The average molecular weight is 372 g/mol. The maximum Gasteiger partial charge on any atom is 0.222 e. The Morgan fingerprint density at radius 2 is 2.19 bits per heavy atom. The molecule has 8 heteroatoms. The smallest absolute Gasteiger partial charge is 0.222 e. The van der Waals surface area contributed by atoms with Crippen LogP contribution in [0.5, 0.6) is 0 Å². The minimum atomic E-state index is -0.562. The fraction of sp³-hybridized carbons (Fsp3) is 0.632. The number of nitrogens with one attached hydrogen (secondary N) is 1. The van der Waals surface area contributed by atoms with Gasteiger partial charge in [0, 0.05) is 58.5 Å². The van der Waals surface area contributed by atoms with E-state index in [2.05, 4.69) is 21.5 Å². The van der Waals surface area contributed by atoms with Gasteiger partial charge >= 0.3 is 0 Å². The molecule has 2 N–H and O–H groups in total. The number of likely N-dealkylation sites (tertiary alicyclic amines) is 1. The fourth-order valence-electron chi connectivity index (χ4n) is 4.11. The van der Waals surface area contributed by atoms with E-state index >= 15 is 0 Å². The number of piperidine rings is 1. The van der Waals surface area contributed by atoms with E-state index in [1.54, 1.807) is 6.20 Å². The normalized spacial score (nSPS) is 19.1.